The molecule has 1 amide bonds. The third-order valence-electron chi connectivity index (χ3n) is 4.58. The molecule has 0 radical (unpaired) electrons. The zero-order valence-corrected chi connectivity index (χ0v) is 18.7. The Bertz CT molecular complexity index is 1120. The van der Waals surface area contributed by atoms with Gasteiger partial charge in [-0.2, -0.15) is 5.10 Å². The Morgan fingerprint density at radius 2 is 2.03 bits per heavy atom. The lowest BCUT2D eigenvalue weighted by Gasteiger charge is -2.15. The fourth-order valence-corrected chi connectivity index (χ4v) is 4.07. The van der Waals surface area contributed by atoms with Crippen LogP contribution in [0.4, 0.5) is 0 Å². The maximum atomic E-state index is 13.5. The molecule has 30 heavy (non-hydrogen) atoms. The summed E-state index contributed by atoms with van der Waals surface area (Å²) in [6.45, 7) is 8.45. The third kappa shape index (κ3) is 4.51. The van der Waals surface area contributed by atoms with Gasteiger partial charge in [-0.15, -0.1) is 0 Å². The summed E-state index contributed by atoms with van der Waals surface area (Å²) < 4.78 is 8.73. The van der Waals surface area contributed by atoms with Gasteiger partial charge in [-0.25, -0.2) is 4.98 Å². The summed E-state index contributed by atoms with van der Waals surface area (Å²) in [6, 6.07) is 7.61. The predicted molar refractivity (Wildman–Crippen MR) is 118 cm³/mol. The van der Waals surface area contributed by atoms with Gasteiger partial charge >= 0.3 is 0 Å². The van der Waals surface area contributed by atoms with Crippen molar-refractivity contribution in [2.75, 3.05) is 12.9 Å². The van der Waals surface area contributed by atoms with Crippen molar-refractivity contribution < 1.29 is 9.53 Å². The Balaban J connectivity index is 2.10. The van der Waals surface area contributed by atoms with Crippen molar-refractivity contribution in [1.29, 1.82) is 0 Å². The van der Waals surface area contributed by atoms with Gasteiger partial charge in [-0.05, 0) is 33.8 Å². The number of ether oxygens (including phenoxy) is 1. The standard InChI is InChI=1S/C21H27N5O3S/c1-6-26-19-18(14(4)24-26)23-21(30-12-17(27)22-13(2)3)25(20(19)28)11-15-9-7-8-10-16(15)29-5/h7-10,13H,6,11-12H2,1-5H3,(H,22,27). The van der Waals surface area contributed by atoms with Gasteiger partial charge in [0, 0.05) is 18.2 Å². The summed E-state index contributed by atoms with van der Waals surface area (Å²) in [5, 5.41) is 7.80. The first-order valence-corrected chi connectivity index (χ1v) is 10.9. The van der Waals surface area contributed by atoms with Crippen LogP contribution >= 0.6 is 11.8 Å². The maximum absolute atomic E-state index is 13.5. The van der Waals surface area contributed by atoms with Crippen LogP contribution in [0.25, 0.3) is 11.0 Å². The van der Waals surface area contributed by atoms with E-state index in [1.165, 1.54) is 11.8 Å². The monoisotopic (exact) mass is 429 g/mol. The van der Waals surface area contributed by atoms with Gasteiger partial charge in [0.1, 0.15) is 11.3 Å². The number of para-hydroxylation sites is 1. The number of rotatable bonds is 8. The van der Waals surface area contributed by atoms with E-state index in [1.807, 2.05) is 52.0 Å². The quantitative estimate of drug-likeness (QED) is 0.437. The van der Waals surface area contributed by atoms with Crippen molar-refractivity contribution in [3.05, 3.63) is 45.9 Å². The Kier molecular flexibility index (Phi) is 6.81. The average molecular weight is 430 g/mol. The number of hydrogen-bond acceptors (Lipinski definition) is 6. The molecule has 3 aromatic rings. The van der Waals surface area contributed by atoms with E-state index >= 15 is 0 Å². The Morgan fingerprint density at radius 3 is 2.70 bits per heavy atom. The SMILES string of the molecule is CCn1nc(C)c2nc(SCC(=O)NC(C)C)n(Cc3ccccc3OC)c(=O)c21. The van der Waals surface area contributed by atoms with Gasteiger partial charge in [0.05, 0.1) is 25.1 Å². The van der Waals surface area contributed by atoms with E-state index in [2.05, 4.69) is 10.4 Å². The van der Waals surface area contributed by atoms with Gasteiger partial charge < -0.3 is 10.1 Å². The molecule has 0 saturated heterocycles. The Hall–Kier alpha value is -2.81. The van der Waals surface area contributed by atoms with Crippen LogP contribution in [-0.2, 0) is 17.9 Å². The molecule has 9 heteroatoms. The molecular weight excluding hydrogens is 402 g/mol. The molecule has 3 rings (SSSR count). The highest BCUT2D eigenvalue weighted by molar-refractivity contribution is 7.99. The zero-order valence-electron chi connectivity index (χ0n) is 17.9. The second-order valence-corrected chi connectivity index (χ2v) is 8.15. The molecule has 160 valence electrons. The van der Waals surface area contributed by atoms with E-state index in [0.29, 0.717) is 34.2 Å². The fraction of sp³-hybridized carbons (Fsp3) is 0.429. The minimum absolute atomic E-state index is 0.0503. The van der Waals surface area contributed by atoms with E-state index < -0.39 is 0 Å². The summed E-state index contributed by atoms with van der Waals surface area (Å²) in [6.07, 6.45) is 0. The number of carbonyl (C=O) groups excluding carboxylic acids is 1. The Labute approximate surface area is 179 Å². The number of thioether (sulfide) groups is 1. The van der Waals surface area contributed by atoms with Crippen LogP contribution in [0.5, 0.6) is 5.75 Å². The zero-order chi connectivity index (χ0) is 21.8. The minimum Gasteiger partial charge on any atom is -0.496 e. The molecule has 0 saturated carbocycles. The van der Waals surface area contributed by atoms with E-state index in [4.69, 9.17) is 9.72 Å². The van der Waals surface area contributed by atoms with Crippen molar-refractivity contribution in [3.63, 3.8) is 0 Å². The van der Waals surface area contributed by atoms with Crippen LogP contribution in [0.1, 0.15) is 32.0 Å². The number of fused-ring (bicyclic) bond motifs is 1. The first-order chi connectivity index (χ1) is 14.3. The first-order valence-electron chi connectivity index (χ1n) is 9.87. The number of amides is 1. The highest BCUT2D eigenvalue weighted by Crippen LogP contribution is 2.23. The van der Waals surface area contributed by atoms with Crippen molar-refractivity contribution in [1.82, 2.24) is 24.6 Å². The highest BCUT2D eigenvalue weighted by atomic mass is 32.2. The van der Waals surface area contributed by atoms with Crippen LogP contribution < -0.4 is 15.6 Å². The van der Waals surface area contributed by atoms with E-state index in [9.17, 15) is 9.59 Å². The van der Waals surface area contributed by atoms with E-state index in [-0.39, 0.29) is 29.8 Å². The highest BCUT2D eigenvalue weighted by Gasteiger charge is 2.20. The van der Waals surface area contributed by atoms with Crippen molar-refractivity contribution in [3.8, 4) is 5.75 Å². The summed E-state index contributed by atoms with van der Waals surface area (Å²) in [7, 11) is 1.60. The van der Waals surface area contributed by atoms with Crippen LogP contribution in [0.15, 0.2) is 34.2 Å². The molecular formula is C21H27N5O3S. The van der Waals surface area contributed by atoms with Crippen LogP contribution in [0.3, 0.4) is 0 Å². The molecule has 2 aromatic heterocycles. The predicted octanol–water partition coefficient (Wildman–Crippen LogP) is 2.59. The largest absolute Gasteiger partial charge is 0.496 e. The number of methoxy groups -OCH3 is 1. The lowest BCUT2D eigenvalue weighted by molar-refractivity contribution is -0.119. The smallest absolute Gasteiger partial charge is 0.280 e. The van der Waals surface area contributed by atoms with Gasteiger partial charge in [-0.1, -0.05) is 30.0 Å². The van der Waals surface area contributed by atoms with Gasteiger partial charge in [0.2, 0.25) is 5.91 Å². The summed E-state index contributed by atoms with van der Waals surface area (Å²) >= 11 is 1.25. The van der Waals surface area contributed by atoms with Crippen molar-refractivity contribution >= 4 is 28.7 Å². The van der Waals surface area contributed by atoms with Crippen LogP contribution in [0.2, 0.25) is 0 Å². The van der Waals surface area contributed by atoms with E-state index in [0.717, 1.165) is 5.56 Å². The van der Waals surface area contributed by atoms with Crippen molar-refractivity contribution in [2.45, 2.75) is 52.0 Å². The number of hydrogen-bond donors (Lipinski definition) is 1. The second-order valence-electron chi connectivity index (χ2n) is 7.21. The molecule has 0 unspecified atom stereocenters. The number of carbonyl (C=O) groups is 1. The average Bonchev–Trinajstić information content (AvgIpc) is 3.04. The Morgan fingerprint density at radius 1 is 1.30 bits per heavy atom. The van der Waals surface area contributed by atoms with Gasteiger partial charge in [-0.3, -0.25) is 18.8 Å². The summed E-state index contributed by atoms with van der Waals surface area (Å²) in [5.74, 6) is 0.760. The maximum Gasteiger partial charge on any atom is 0.280 e. The number of benzene rings is 1. The number of nitrogens with one attached hydrogen (secondary N) is 1. The van der Waals surface area contributed by atoms with Crippen LogP contribution in [0, 0.1) is 6.92 Å². The molecule has 0 spiro atoms. The lowest BCUT2D eigenvalue weighted by Crippen LogP contribution is -2.32. The van der Waals surface area contributed by atoms with Gasteiger partial charge in [0.15, 0.2) is 10.7 Å². The molecule has 0 aliphatic rings. The normalized spacial score (nSPS) is 11.3. The molecule has 1 aromatic carbocycles. The number of aryl methyl sites for hydroxylation is 2. The lowest BCUT2D eigenvalue weighted by atomic mass is 10.2. The topological polar surface area (TPSA) is 91.0 Å². The fourth-order valence-electron chi connectivity index (χ4n) is 3.26. The number of nitrogens with zero attached hydrogens (tertiary/aromatic N) is 4. The minimum atomic E-state index is -0.180. The molecule has 8 nitrogen and oxygen atoms in total. The molecule has 0 bridgehead atoms. The summed E-state index contributed by atoms with van der Waals surface area (Å²) in [4.78, 5) is 30.4. The summed E-state index contributed by atoms with van der Waals surface area (Å²) in [5.41, 5.74) is 2.42. The molecule has 0 aliphatic carbocycles. The third-order valence-corrected chi connectivity index (χ3v) is 5.56. The van der Waals surface area contributed by atoms with Gasteiger partial charge in [0.25, 0.3) is 5.56 Å². The second kappa shape index (κ2) is 9.34. The molecule has 0 aliphatic heterocycles. The molecule has 2 heterocycles. The molecule has 1 N–H and O–H groups in total. The van der Waals surface area contributed by atoms with Crippen molar-refractivity contribution in [2.24, 2.45) is 0 Å². The first kappa shape index (κ1) is 21.9. The molecule has 0 fully saturated rings. The molecule has 0 atom stereocenters. The number of aromatic nitrogens is 4. The van der Waals surface area contributed by atoms with E-state index in [1.54, 1.807) is 16.4 Å². The van der Waals surface area contributed by atoms with Crippen LogP contribution in [-0.4, -0.2) is 44.1 Å².